The van der Waals surface area contributed by atoms with Crippen LogP contribution in [0.25, 0.3) is 0 Å². The molecule has 0 aromatic rings. The van der Waals surface area contributed by atoms with Crippen molar-refractivity contribution in [3.05, 3.63) is 19.1 Å². The van der Waals surface area contributed by atoms with Gasteiger partial charge in [-0.1, -0.05) is 0 Å². The summed E-state index contributed by atoms with van der Waals surface area (Å²) in [5.41, 5.74) is 0. The normalized spacial score (nSPS) is 8.11. The van der Waals surface area contributed by atoms with E-state index in [0.29, 0.717) is 12.2 Å². The third-order valence-corrected chi connectivity index (χ3v) is 0.368. The van der Waals surface area contributed by atoms with Crippen molar-refractivity contribution in [1.29, 1.82) is 0 Å². The van der Waals surface area contributed by atoms with Gasteiger partial charge >= 0.3 is 63.3 Å². The van der Waals surface area contributed by atoms with Crippen LogP contribution in [0.3, 0.4) is 0 Å². The number of carboxylic acids is 2. The summed E-state index contributed by atoms with van der Waals surface area (Å²) in [4.78, 5) is 23.1. The smallest absolute Gasteiger partial charge is 0.478 e. The Balaban J connectivity index is -0.0000000511. The molecule has 0 spiro atoms. The molecule has 0 fully saturated rings. The van der Waals surface area contributed by atoms with Crippen LogP contribution in [0.5, 0.6) is 0 Å². The molecule has 6 nitrogen and oxygen atoms in total. The van der Waals surface area contributed by atoms with Gasteiger partial charge in [0.05, 0.1) is 0 Å². The molecule has 0 saturated carbocycles. The second-order valence-corrected chi connectivity index (χ2v) is 3.69. The Labute approximate surface area is 159 Å². The van der Waals surface area contributed by atoms with Crippen molar-refractivity contribution in [2.24, 2.45) is 0 Å². The second-order valence-electron chi connectivity index (χ2n) is 3.69. The molecule has 0 aliphatic carbocycles. The van der Waals surface area contributed by atoms with E-state index >= 15 is 0 Å². The van der Waals surface area contributed by atoms with Gasteiger partial charge in [0.25, 0.3) is 0 Å². The van der Waals surface area contributed by atoms with Gasteiger partial charge in [-0.2, -0.15) is 6.92 Å². The summed E-state index contributed by atoms with van der Waals surface area (Å²) >= 11 is 0. The second kappa shape index (κ2) is 26.7. The minimum atomic E-state index is -1.26. The van der Waals surface area contributed by atoms with E-state index in [1.165, 1.54) is 0 Å². The first-order valence-electron chi connectivity index (χ1n) is 5.16. The van der Waals surface area contributed by atoms with Crippen molar-refractivity contribution in [2.75, 3.05) is 42.3 Å². The summed E-state index contributed by atoms with van der Waals surface area (Å²) < 4.78 is 0. The van der Waals surface area contributed by atoms with Gasteiger partial charge in [-0.15, -0.1) is 0 Å². The Bertz CT molecular complexity index is 192. The molecule has 0 aliphatic rings. The maximum absolute atomic E-state index is 9.55. The van der Waals surface area contributed by atoms with Crippen molar-refractivity contribution in [3.8, 4) is 0 Å². The molecule has 0 heterocycles. The molecule has 0 bridgehead atoms. The third kappa shape index (κ3) is 175. The fraction of sp³-hybridized carbons (Fsp3) is 0.583. The summed E-state index contributed by atoms with van der Waals surface area (Å²) in [6.07, 6.45) is 1.12. The van der Waals surface area contributed by atoms with E-state index in [0.717, 1.165) is 0 Å². The number of hydrogen-bond acceptors (Lipinski definition) is 4. The molecular weight excluding hydrogens is 275 g/mol. The Hall–Kier alpha value is 0.236. The quantitative estimate of drug-likeness (QED) is 0.346. The van der Waals surface area contributed by atoms with E-state index in [9.17, 15) is 9.59 Å². The number of carbonyl (C=O) groups is 2. The zero-order valence-electron chi connectivity index (χ0n) is 13.5. The Morgan fingerprint density at radius 2 is 0.895 bits per heavy atom. The average molecular weight is 302 g/mol. The van der Waals surface area contributed by atoms with E-state index in [-0.39, 0.29) is 51.4 Å². The van der Waals surface area contributed by atoms with Crippen LogP contribution in [0.4, 0.5) is 0 Å². The Morgan fingerprint density at radius 1 is 0.789 bits per heavy atom. The standard InChI is InChI=1S/C4H4O4.2C3H9N.C2H5.K/c5-3(6)1-2-4(7)8;2*1-4(2)3;1-2;/h1-2H,(H,5,6)(H,7,8);2*1-3H3;1H2,2H3;/q;;;-1;+1/b2-1+;;;;. The van der Waals surface area contributed by atoms with Crippen LogP contribution in [-0.4, -0.2) is 74.2 Å². The van der Waals surface area contributed by atoms with Gasteiger partial charge in [0.15, 0.2) is 0 Å². The van der Waals surface area contributed by atoms with Gasteiger partial charge in [-0.25, -0.2) is 9.59 Å². The number of carboxylic acid groups (broad SMARTS) is 2. The van der Waals surface area contributed by atoms with Gasteiger partial charge in [0.2, 0.25) is 0 Å². The molecule has 0 rings (SSSR count). The third-order valence-electron chi connectivity index (χ3n) is 0.368. The van der Waals surface area contributed by atoms with Gasteiger partial charge in [0.1, 0.15) is 0 Å². The van der Waals surface area contributed by atoms with Crippen molar-refractivity contribution >= 4 is 11.9 Å². The first kappa shape index (κ1) is 31.6. The monoisotopic (exact) mass is 302 g/mol. The van der Waals surface area contributed by atoms with Crippen molar-refractivity contribution < 1.29 is 71.2 Å². The molecule has 110 valence electrons. The molecule has 0 unspecified atom stereocenters. The van der Waals surface area contributed by atoms with Gasteiger partial charge in [-0.3, -0.25) is 0 Å². The number of aliphatic carboxylic acids is 2. The van der Waals surface area contributed by atoms with Crippen LogP contribution in [0.2, 0.25) is 0 Å². The Kier molecular flexibility index (Phi) is 44.4. The van der Waals surface area contributed by atoms with Crippen LogP contribution >= 0.6 is 0 Å². The van der Waals surface area contributed by atoms with E-state index in [4.69, 9.17) is 10.2 Å². The largest absolute Gasteiger partial charge is 1.00 e. The fourth-order valence-corrected chi connectivity index (χ4v) is 0.143. The van der Waals surface area contributed by atoms with Crippen LogP contribution in [0.1, 0.15) is 6.92 Å². The molecule has 0 aromatic carbocycles. The molecule has 0 aliphatic heterocycles. The fourth-order valence-electron chi connectivity index (χ4n) is 0.143. The van der Waals surface area contributed by atoms with E-state index in [2.05, 4.69) is 6.92 Å². The van der Waals surface area contributed by atoms with Crippen LogP contribution in [0, 0.1) is 6.92 Å². The molecule has 0 amide bonds. The van der Waals surface area contributed by atoms with E-state index in [1.54, 1.807) is 6.92 Å². The van der Waals surface area contributed by atoms with Gasteiger partial charge < -0.3 is 26.9 Å². The van der Waals surface area contributed by atoms with Gasteiger partial charge in [0, 0.05) is 12.2 Å². The number of rotatable bonds is 2. The summed E-state index contributed by atoms with van der Waals surface area (Å²) in [5.74, 6) is -2.51. The van der Waals surface area contributed by atoms with E-state index in [1.807, 2.05) is 52.1 Å². The van der Waals surface area contributed by atoms with Crippen LogP contribution in [-0.2, 0) is 9.59 Å². The minimum Gasteiger partial charge on any atom is -0.478 e. The van der Waals surface area contributed by atoms with Crippen LogP contribution < -0.4 is 51.4 Å². The Morgan fingerprint density at radius 3 is 0.947 bits per heavy atom. The SMILES string of the molecule is CN(C)C.CN(C)C.O=C(O)/C=C/C(=O)O.[CH2-]C.[K+]. The van der Waals surface area contributed by atoms with Crippen LogP contribution in [0.15, 0.2) is 12.2 Å². The first-order chi connectivity index (χ1) is 8.09. The van der Waals surface area contributed by atoms with Crippen molar-refractivity contribution in [3.63, 3.8) is 0 Å². The molecule has 7 heteroatoms. The molecule has 19 heavy (non-hydrogen) atoms. The average Bonchev–Trinajstić information content (AvgIpc) is 2.16. The predicted molar refractivity (Wildman–Crippen MR) is 74.7 cm³/mol. The minimum absolute atomic E-state index is 0. The molecule has 0 saturated heterocycles. The summed E-state index contributed by atoms with van der Waals surface area (Å²) in [6.45, 7) is 5.00. The summed E-state index contributed by atoms with van der Waals surface area (Å²) in [5, 5.41) is 15.6. The topological polar surface area (TPSA) is 81.1 Å². The predicted octanol–water partition coefficient (Wildman–Crippen LogP) is -2.09. The zero-order valence-corrected chi connectivity index (χ0v) is 16.6. The molecule has 0 aromatic heterocycles. The molecule has 2 N–H and O–H groups in total. The number of nitrogens with zero attached hydrogens (tertiary/aromatic N) is 2. The van der Waals surface area contributed by atoms with E-state index < -0.39 is 11.9 Å². The zero-order chi connectivity index (χ0) is 15.7. The maximum Gasteiger partial charge on any atom is 1.00 e. The summed E-state index contributed by atoms with van der Waals surface area (Å²) in [7, 11) is 12.0. The molecule has 0 atom stereocenters. The maximum atomic E-state index is 9.55. The first-order valence-corrected chi connectivity index (χ1v) is 5.16. The summed E-state index contributed by atoms with van der Waals surface area (Å²) in [6, 6.07) is 0. The van der Waals surface area contributed by atoms with Gasteiger partial charge in [-0.05, 0) is 42.3 Å². The van der Waals surface area contributed by atoms with Crippen molar-refractivity contribution in [1.82, 2.24) is 9.80 Å². The van der Waals surface area contributed by atoms with Crippen molar-refractivity contribution in [2.45, 2.75) is 6.92 Å². The number of hydrogen-bond donors (Lipinski definition) is 2. The molecule has 0 radical (unpaired) electrons. The molecular formula is C12H27KN2O4.